The van der Waals surface area contributed by atoms with E-state index in [0.29, 0.717) is 5.56 Å². The molecule has 1 rings (SSSR count). The molecular formula is C14H17FN2O4. The van der Waals surface area contributed by atoms with Gasteiger partial charge in [-0.2, -0.15) is 0 Å². The molecule has 0 fully saturated rings. The predicted molar refractivity (Wildman–Crippen MR) is 72.8 cm³/mol. The van der Waals surface area contributed by atoms with E-state index in [1.54, 1.807) is 14.1 Å². The molecule has 0 aliphatic carbocycles. The largest absolute Gasteiger partial charge is 0.455 e. The van der Waals surface area contributed by atoms with Crippen molar-refractivity contribution in [2.75, 3.05) is 27.2 Å². The van der Waals surface area contributed by atoms with E-state index in [-0.39, 0.29) is 18.9 Å². The van der Waals surface area contributed by atoms with E-state index in [4.69, 9.17) is 4.74 Å². The van der Waals surface area contributed by atoms with Crippen molar-refractivity contribution < 1.29 is 23.5 Å². The van der Waals surface area contributed by atoms with Crippen LogP contribution in [0.5, 0.6) is 0 Å². The van der Waals surface area contributed by atoms with Gasteiger partial charge < -0.3 is 15.0 Å². The van der Waals surface area contributed by atoms with E-state index in [9.17, 15) is 18.8 Å². The molecule has 7 heteroatoms. The van der Waals surface area contributed by atoms with Crippen LogP contribution in [0.2, 0.25) is 0 Å². The Morgan fingerprint density at radius 3 is 2.38 bits per heavy atom. The van der Waals surface area contributed by atoms with Crippen LogP contribution in [0.3, 0.4) is 0 Å². The Bertz CT molecular complexity index is 514. The topological polar surface area (TPSA) is 75.7 Å². The maximum Gasteiger partial charge on any atom is 0.310 e. The molecule has 0 unspecified atom stereocenters. The minimum absolute atomic E-state index is 0.0514. The number of hydrogen-bond donors (Lipinski definition) is 1. The summed E-state index contributed by atoms with van der Waals surface area (Å²) in [6.45, 7) is -0.609. The number of hydrogen-bond acceptors (Lipinski definition) is 4. The maximum atomic E-state index is 12.7. The Labute approximate surface area is 121 Å². The number of carbonyl (C=O) groups excluding carboxylic acids is 3. The summed E-state index contributed by atoms with van der Waals surface area (Å²) in [4.78, 5) is 35.4. The molecule has 0 aromatic heterocycles. The van der Waals surface area contributed by atoms with E-state index < -0.39 is 24.3 Å². The first-order valence-corrected chi connectivity index (χ1v) is 6.25. The van der Waals surface area contributed by atoms with Crippen LogP contribution < -0.4 is 5.32 Å². The summed E-state index contributed by atoms with van der Waals surface area (Å²) in [6.07, 6.45) is -0.0514. The van der Waals surface area contributed by atoms with Crippen molar-refractivity contribution >= 4 is 17.8 Å². The van der Waals surface area contributed by atoms with E-state index in [1.807, 2.05) is 0 Å². The van der Waals surface area contributed by atoms with Gasteiger partial charge >= 0.3 is 5.97 Å². The fraction of sp³-hybridized carbons (Fsp3) is 0.357. The third-order valence-electron chi connectivity index (χ3n) is 2.56. The van der Waals surface area contributed by atoms with Crippen molar-refractivity contribution in [3.05, 3.63) is 35.6 Å². The minimum atomic E-state index is -0.601. The zero-order valence-electron chi connectivity index (χ0n) is 11.9. The second kappa shape index (κ2) is 7.98. The van der Waals surface area contributed by atoms with Crippen molar-refractivity contribution in [3.63, 3.8) is 0 Å². The molecule has 2 amide bonds. The van der Waals surface area contributed by atoms with E-state index in [0.717, 1.165) is 0 Å². The third-order valence-corrected chi connectivity index (χ3v) is 2.56. The fourth-order valence-corrected chi connectivity index (χ4v) is 1.35. The molecule has 6 nitrogen and oxygen atoms in total. The highest BCUT2D eigenvalue weighted by atomic mass is 19.1. The highest BCUT2D eigenvalue weighted by Gasteiger charge is 2.10. The van der Waals surface area contributed by atoms with Crippen molar-refractivity contribution in [1.82, 2.24) is 10.2 Å². The van der Waals surface area contributed by atoms with Gasteiger partial charge in [-0.1, -0.05) is 12.1 Å². The van der Waals surface area contributed by atoms with Crippen LogP contribution in [0, 0.1) is 5.82 Å². The molecule has 0 heterocycles. The van der Waals surface area contributed by atoms with Crippen LogP contribution in [0.25, 0.3) is 0 Å². The van der Waals surface area contributed by atoms with Crippen molar-refractivity contribution in [2.45, 2.75) is 6.42 Å². The SMILES string of the molecule is CN(C)C(=O)CNC(=O)COC(=O)Cc1ccc(F)cc1. The quantitative estimate of drug-likeness (QED) is 0.756. The maximum absolute atomic E-state index is 12.7. The number of ether oxygens (including phenoxy) is 1. The number of nitrogens with zero attached hydrogens (tertiary/aromatic N) is 1. The second-order valence-electron chi connectivity index (χ2n) is 4.53. The molecule has 21 heavy (non-hydrogen) atoms. The molecule has 0 radical (unpaired) electrons. The van der Waals surface area contributed by atoms with Gasteiger partial charge in [-0.25, -0.2) is 4.39 Å². The molecular weight excluding hydrogens is 279 g/mol. The number of carbonyl (C=O) groups is 3. The zero-order chi connectivity index (χ0) is 15.8. The van der Waals surface area contributed by atoms with Crippen LogP contribution in [-0.4, -0.2) is 49.9 Å². The Kier molecular flexibility index (Phi) is 6.32. The fourth-order valence-electron chi connectivity index (χ4n) is 1.35. The minimum Gasteiger partial charge on any atom is -0.455 e. The Morgan fingerprint density at radius 2 is 1.81 bits per heavy atom. The van der Waals surface area contributed by atoms with Gasteiger partial charge in [-0.15, -0.1) is 0 Å². The Hall–Kier alpha value is -2.44. The smallest absolute Gasteiger partial charge is 0.310 e. The summed E-state index contributed by atoms with van der Waals surface area (Å²) < 4.78 is 17.4. The molecule has 0 aliphatic heterocycles. The molecule has 0 bridgehead atoms. The number of rotatable bonds is 6. The van der Waals surface area contributed by atoms with Gasteiger partial charge in [0.25, 0.3) is 5.91 Å². The Morgan fingerprint density at radius 1 is 1.19 bits per heavy atom. The second-order valence-corrected chi connectivity index (χ2v) is 4.53. The first-order chi connectivity index (χ1) is 9.88. The lowest BCUT2D eigenvalue weighted by Crippen LogP contribution is -2.38. The molecule has 0 aliphatic rings. The van der Waals surface area contributed by atoms with Crippen molar-refractivity contribution in [2.24, 2.45) is 0 Å². The lowest BCUT2D eigenvalue weighted by Gasteiger charge is -2.11. The number of likely N-dealkylation sites (N-methyl/N-ethyl adjacent to an activating group) is 1. The van der Waals surface area contributed by atoms with Crippen LogP contribution in [-0.2, 0) is 25.5 Å². The zero-order valence-corrected chi connectivity index (χ0v) is 11.9. The summed E-state index contributed by atoms with van der Waals surface area (Å²) in [7, 11) is 3.13. The van der Waals surface area contributed by atoms with Gasteiger partial charge in [0.2, 0.25) is 5.91 Å². The number of esters is 1. The molecule has 1 aromatic rings. The van der Waals surface area contributed by atoms with Crippen LogP contribution in [0.15, 0.2) is 24.3 Å². The van der Waals surface area contributed by atoms with Gasteiger partial charge in [0.1, 0.15) is 5.82 Å². The Balaban J connectivity index is 2.28. The summed E-state index contributed by atoms with van der Waals surface area (Å²) in [5.41, 5.74) is 0.588. The predicted octanol–water partition coefficient (Wildman–Crippen LogP) is 0.116. The lowest BCUT2D eigenvalue weighted by atomic mass is 10.1. The molecule has 0 atom stereocenters. The average Bonchev–Trinajstić information content (AvgIpc) is 2.44. The van der Waals surface area contributed by atoms with Gasteiger partial charge in [-0.3, -0.25) is 14.4 Å². The summed E-state index contributed by atoms with van der Waals surface area (Å²) in [5.74, 6) is -1.81. The molecule has 114 valence electrons. The first-order valence-electron chi connectivity index (χ1n) is 6.25. The summed E-state index contributed by atoms with van der Waals surface area (Å²) in [5, 5.41) is 2.33. The normalized spacial score (nSPS) is 9.86. The number of amides is 2. The van der Waals surface area contributed by atoms with E-state index in [1.165, 1.54) is 29.2 Å². The molecule has 0 saturated heterocycles. The van der Waals surface area contributed by atoms with E-state index >= 15 is 0 Å². The molecule has 0 saturated carbocycles. The van der Waals surface area contributed by atoms with Crippen LogP contribution >= 0.6 is 0 Å². The monoisotopic (exact) mass is 296 g/mol. The average molecular weight is 296 g/mol. The summed E-state index contributed by atoms with van der Waals surface area (Å²) in [6, 6.07) is 5.41. The van der Waals surface area contributed by atoms with Gasteiger partial charge in [0.15, 0.2) is 6.61 Å². The summed E-state index contributed by atoms with van der Waals surface area (Å²) >= 11 is 0. The molecule has 1 aromatic carbocycles. The van der Waals surface area contributed by atoms with Gasteiger partial charge in [0, 0.05) is 14.1 Å². The number of nitrogens with one attached hydrogen (secondary N) is 1. The van der Waals surface area contributed by atoms with Crippen molar-refractivity contribution in [3.8, 4) is 0 Å². The molecule has 0 spiro atoms. The lowest BCUT2D eigenvalue weighted by molar-refractivity contribution is -0.148. The number of halogens is 1. The first kappa shape index (κ1) is 16.6. The number of benzene rings is 1. The van der Waals surface area contributed by atoms with Crippen molar-refractivity contribution in [1.29, 1.82) is 0 Å². The van der Waals surface area contributed by atoms with Crippen LogP contribution in [0.1, 0.15) is 5.56 Å². The molecule has 1 N–H and O–H groups in total. The highest BCUT2D eigenvalue weighted by molar-refractivity contribution is 5.86. The highest BCUT2D eigenvalue weighted by Crippen LogP contribution is 2.04. The standard InChI is InChI=1S/C14H17FN2O4/c1-17(2)13(19)8-16-12(18)9-21-14(20)7-10-3-5-11(15)6-4-10/h3-6H,7-9H2,1-2H3,(H,16,18). The van der Waals surface area contributed by atoms with E-state index in [2.05, 4.69) is 5.32 Å². The van der Waals surface area contributed by atoms with Gasteiger partial charge in [-0.05, 0) is 17.7 Å². The third kappa shape index (κ3) is 6.51. The van der Waals surface area contributed by atoms with Gasteiger partial charge in [0.05, 0.1) is 13.0 Å². The van der Waals surface area contributed by atoms with Crippen LogP contribution in [0.4, 0.5) is 4.39 Å².